The molecule has 0 radical (unpaired) electrons. The summed E-state index contributed by atoms with van der Waals surface area (Å²) >= 11 is 5.14. The van der Waals surface area contributed by atoms with Gasteiger partial charge in [0, 0.05) is 12.0 Å². The van der Waals surface area contributed by atoms with Gasteiger partial charge in [-0.2, -0.15) is 0 Å². The molecule has 0 spiro atoms. The molecule has 1 nitrogen and oxygen atoms in total. The Morgan fingerprint density at radius 3 is 2.57 bits per heavy atom. The standard InChI is InChI=1S/C5H7ClO/c6-4-2-1-3-5-7/h2,4-5H,1,3H2/b4-2+. The van der Waals surface area contributed by atoms with Crippen molar-refractivity contribution in [3.8, 4) is 0 Å². The van der Waals surface area contributed by atoms with E-state index in [0.29, 0.717) is 6.42 Å². The first-order chi connectivity index (χ1) is 3.41. The van der Waals surface area contributed by atoms with Crippen LogP contribution in [0.4, 0.5) is 0 Å². The van der Waals surface area contributed by atoms with Gasteiger partial charge in [0.15, 0.2) is 0 Å². The van der Waals surface area contributed by atoms with Crippen molar-refractivity contribution in [3.63, 3.8) is 0 Å². The maximum Gasteiger partial charge on any atom is 0.120 e. The van der Waals surface area contributed by atoms with Crippen molar-refractivity contribution in [2.45, 2.75) is 12.8 Å². The van der Waals surface area contributed by atoms with Crippen LogP contribution in [0.2, 0.25) is 0 Å². The molecular weight excluding hydrogens is 112 g/mol. The second kappa shape index (κ2) is 5.70. The highest BCUT2D eigenvalue weighted by Gasteiger charge is 1.73. The number of hydrogen-bond donors (Lipinski definition) is 0. The topological polar surface area (TPSA) is 17.1 Å². The molecule has 0 atom stereocenters. The van der Waals surface area contributed by atoms with Gasteiger partial charge in [-0.05, 0) is 6.42 Å². The Bertz CT molecular complexity index is 68.5. The molecule has 0 bridgehead atoms. The predicted octanol–water partition coefficient (Wildman–Crippen LogP) is 1.72. The van der Waals surface area contributed by atoms with Crippen molar-refractivity contribution < 1.29 is 4.79 Å². The van der Waals surface area contributed by atoms with E-state index in [-0.39, 0.29) is 0 Å². The number of rotatable bonds is 3. The summed E-state index contributed by atoms with van der Waals surface area (Å²) in [6.07, 6.45) is 3.95. The molecule has 0 aromatic carbocycles. The predicted molar refractivity (Wildman–Crippen MR) is 30.3 cm³/mol. The van der Waals surface area contributed by atoms with E-state index in [9.17, 15) is 4.79 Å². The van der Waals surface area contributed by atoms with Crippen LogP contribution in [0, 0.1) is 0 Å². The molecular formula is C5H7ClO. The smallest absolute Gasteiger partial charge is 0.120 e. The normalized spacial score (nSPS) is 9.86. The zero-order valence-corrected chi connectivity index (χ0v) is 4.69. The molecule has 0 aliphatic carbocycles. The van der Waals surface area contributed by atoms with Crippen molar-refractivity contribution in [2.75, 3.05) is 0 Å². The first-order valence-electron chi connectivity index (χ1n) is 2.10. The van der Waals surface area contributed by atoms with Crippen LogP contribution < -0.4 is 0 Å². The Labute approximate surface area is 48.0 Å². The van der Waals surface area contributed by atoms with Crippen LogP contribution in [-0.4, -0.2) is 6.29 Å². The Hall–Kier alpha value is -0.300. The summed E-state index contributed by atoms with van der Waals surface area (Å²) in [6, 6.07) is 0. The number of aldehydes is 1. The molecule has 0 heterocycles. The molecule has 0 N–H and O–H groups in total. The molecule has 7 heavy (non-hydrogen) atoms. The summed E-state index contributed by atoms with van der Waals surface area (Å²) in [4.78, 5) is 9.60. The van der Waals surface area contributed by atoms with E-state index in [1.807, 2.05) is 0 Å². The van der Waals surface area contributed by atoms with Gasteiger partial charge in [-0.15, -0.1) is 0 Å². The Kier molecular flexibility index (Phi) is 5.46. The molecule has 0 aromatic heterocycles. The van der Waals surface area contributed by atoms with E-state index in [0.717, 1.165) is 12.7 Å². The summed E-state index contributed by atoms with van der Waals surface area (Å²) in [5, 5.41) is 0. The molecule has 0 aliphatic rings. The summed E-state index contributed by atoms with van der Waals surface area (Å²) in [5.41, 5.74) is 1.42. The summed E-state index contributed by atoms with van der Waals surface area (Å²) in [7, 11) is 0. The van der Waals surface area contributed by atoms with E-state index < -0.39 is 0 Å². The number of halogens is 1. The lowest BCUT2D eigenvalue weighted by atomic mass is 10.3. The van der Waals surface area contributed by atoms with Gasteiger partial charge in [-0.25, -0.2) is 0 Å². The second-order valence-electron chi connectivity index (χ2n) is 1.11. The number of unbranched alkanes of at least 4 members (excludes halogenated alkanes) is 1. The summed E-state index contributed by atoms with van der Waals surface area (Å²) in [5.74, 6) is 0. The minimum atomic E-state index is 0.573. The van der Waals surface area contributed by atoms with Crippen LogP contribution in [0.5, 0.6) is 0 Å². The summed E-state index contributed by atoms with van der Waals surface area (Å²) < 4.78 is 0. The molecule has 0 rings (SSSR count). The monoisotopic (exact) mass is 118 g/mol. The zero-order chi connectivity index (χ0) is 5.54. The molecule has 0 aromatic rings. The minimum Gasteiger partial charge on any atom is -0.303 e. The molecule has 0 aliphatic heterocycles. The average molecular weight is 119 g/mol. The fraction of sp³-hybridized carbons (Fsp3) is 0.400. The van der Waals surface area contributed by atoms with Crippen LogP contribution in [-0.2, 0) is 4.79 Å². The highest BCUT2D eigenvalue weighted by atomic mass is 35.5. The fourth-order valence-electron chi connectivity index (χ4n) is 0.227. The van der Waals surface area contributed by atoms with Gasteiger partial charge in [0.1, 0.15) is 6.29 Å². The van der Waals surface area contributed by atoms with Crippen molar-refractivity contribution in [2.24, 2.45) is 0 Å². The van der Waals surface area contributed by atoms with Crippen molar-refractivity contribution in [1.29, 1.82) is 0 Å². The van der Waals surface area contributed by atoms with Crippen molar-refractivity contribution in [3.05, 3.63) is 11.6 Å². The van der Waals surface area contributed by atoms with E-state index in [4.69, 9.17) is 11.6 Å². The van der Waals surface area contributed by atoms with Gasteiger partial charge < -0.3 is 4.79 Å². The van der Waals surface area contributed by atoms with Crippen molar-refractivity contribution >= 4 is 17.9 Å². The van der Waals surface area contributed by atoms with Crippen LogP contribution in [0.15, 0.2) is 11.6 Å². The molecule has 2 heteroatoms. The molecule has 0 saturated carbocycles. The van der Waals surface area contributed by atoms with Crippen LogP contribution in [0.3, 0.4) is 0 Å². The minimum absolute atomic E-state index is 0.573. The van der Waals surface area contributed by atoms with E-state index in [2.05, 4.69) is 0 Å². The second-order valence-corrected chi connectivity index (χ2v) is 1.36. The van der Waals surface area contributed by atoms with Crippen LogP contribution in [0.25, 0.3) is 0 Å². The first kappa shape index (κ1) is 6.70. The number of carbonyl (C=O) groups is 1. The highest BCUT2D eigenvalue weighted by molar-refractivity contribution is 6.25. The number of allylic oxidation sites excluding steroid dienone is 1. The number of hydrogen-bond acceptors (Lipinski definition) is 1. The maximum absolute atomic E-state index is 9.60. The Morgan fingerprint density at radius 1 is 1.43 bits per heavy atom. The van der Waals surface area contributed by atoms with Gasteiger partial charge in [0.25, 0.3) is 0 Å². The van der Waals surface area contributed by atoms with E-state index >= 15 is 0 Å². The molecule has 0 unspecified atom stereocenters. The van der Waals surface area contributed by atoms with Crippen LogP contribution in [0.1, 0.15) is 12.8 Å². The Balaban J connectivity index is 2.82. The van der Waals surface area contributed by atoms with Gasteiger partial charge in [-0.1, -0.05) is 17.7 Å². The van der Waals surface area contributed by atoms with Gasteiger partial charge in [-0.3, -0.25) is 0 Å². The molecule has 0 fully saturated rings. The van der Waals surface area contributed by atoms with Gasteiger partial charge in [0.2, 0.25) is 0 Å². The third-order valence-corrected chi connectivity index (χ3v) is 0.718. The van der Waals surface area contributed by atoms with Crippen LogP contribution >= 0.6 is 11.6 Å². The first-order valence-corrected chi connectivity index (χ1v) is 2.54. The van der Waals surface area contributed by atoms with E-state index in [1.54, 1.807) is 6.08 Å². The average Bonchev–Trinajstić information content (AvgIpc) is 1.69. The third-order valence-electron chi connectivity index (χ3n) is 0.540. The molecule has 40 valence electrons. The van der Waals surface area contributed by atoms with Gasteiger partial charge in [0.05, 0.1) is 0 Å². The lowest BCUT2D eigenvalue weighted by molar-refractivity contribution is -0.107. The van der Waals surface area contributed by atoms with E-state index in [1.165, 1.54) is 5.54 Å². The van der Waals surface area contributed by atoms with Gasteiger partial charge >= 0.3 is 0 Å². The lowest BCUT2D eigenvalue weighted by Crippen LogP contribution is -1.67. The molecule has 0 saturated heterocycles. The SMILES string of the molecule is O=CCC/C=C/Cl. The zero-order valence-electron chi connectivity index (χ0n) is 3.93. The number of carbonyl (C=O) groups excluding carboxylic acids is 1. The Morgan fingerprint density at radius 2 is 2.14 bits per heavy atom. The maximum atomic E-state index is 9.60. The highest BCUT2D eigenvalue weighted by Crippen LogP contribution is 1.87. The lowest BCUT2D eigenvalue weighted by Gasteiger charge is -1.75. The molecule has 0 amide bonds. The van der Waals surface area contributed by atoms with Crippen molar-refractivity contribution in [1.82, 2.24) is 0 Å². The summed E-state index contributed by atoms with van der Waals surface area (Å²) in [6.45, 7) is 0. The third kappa shape index (κ3) is 5.70. The quantitative estimate of drug-likeness (QED) is 0.407. The fourth-order valence-corrected chi connectivity index (χ4v) is 0.353. The largest absolute Gasteiger partial charge is 0.303 e.